The van der Waals surface area contributed by atoms with Gasteiger partial charge in [-0.05, 0) is 55.7 Å². The number of anilines is 1. The Balaban J connectivity index is 2.21. The fourth-order valence-electron chi connectivity index (χ4n) is 2.31. The average molecular weight is 278 g/mol. The van der Waals surface area contributed by atoms with Crippen molar-refractivity contribution in [3.05, 3.63) is 63.4 Å². The molecule has 3 heteroatoms. The van der Waals surface area contributed by atoms with Gasteiger partial charge in [0.2, 0.25) is 0 Å². The van der Waals surface area contributed by atoms with Crippen LogP contribution < -0.4 is 5.32 Å². The molecule has 100 valence electrons. The number of nitrogens with one attached hydrogen (secondary N) is 1. The Morgan fingerprint density at radius 1 is 1.05 bits per heavy atom. The average Bonchev–Trinajstić information content (AvgIpc) is 2.32. The van der Waals surface area contributed by atoms with Crippen molar-refractivity contribution in [3.63, 3.8) is 0 Å². The second-order valence-electron chi connectivity index (χ2n) is 4.85. The highest BCUT2D eigenvalue weighted by molar-refractivity contribution is 6.33. The first kappa shape index (κ1) is 13.9. The maximum atomic E-state index is 13.2. The van der Waals surface area contributed by atoms with E-state index in [0.29, 0.717) is 17.3 Å². The topological polar surface area (TPSA) is 12.0 Å². The van der Waals surface area contributed by atoms with Gasteiger partial charge in [-0.2, -0.15) is 0 Å². The highest BCUT2D eigenvalue weighted by Crippen LogP contribution is 2.24. The Bertz CT molecular complexity index is 585. The van der Waals surface area contributed by atoms with Crippen LogP contribution in [0.1, 0.15) is 22.3 Å². The summed E-state index contributed by atoms with van der Waals surface area (Å²) in [6.07, 6.45) is 0. The van der Waals surface area contributed by atoms with Crippen molar-refractivity contribution in [2.75, 3.05) is 5.32 Å². The predicted molar refractivity (Wildman–Crippen MR) is 79.4 cm³/mol. The number of aryl methyl sites for hydroxylation is 3. The molecule has 0 aromatic heterocycles. The standard InChI is InChI=1S/C16H17ClFN/c1-10-6-11(2)14(12(3)7-10)9-19-16-8-13(18)4-5-15(16)17/h4-8,19H,9H2,1-3H3. The Hall–Kier alpha value is -1.54. The molecule has 0 radical (unpaired) electrons. The van der Waals surface area contributed by atoms with Crippen LogP contribution in [0.5, 0.6) is 0 Å². The lowest BCUT2D eigenvalue weighted by molar-refractivity contribution is 0.628. The van der Waals surface area contributed by atoms with Crippen LogP contribution in [0.25, 0.3) is 0 Å². The first-order chi connectivity index (χ1) is 8.97. The number of hydrogen-bond donors (Lipinski definition) is 1. The highest BCUT2D eigenvalue weighted by atomic mass is 35.5. The van der Waals surface area contributed by atoms with E-state index in [0.717, 1.165) is 0 Å². The lowest BCUT2D eigenvalue weighted by Crippen LogP contribution is -2.04. The van der Waals surface area contributed by atoms with Crippen molar-refractivity contribution in [2.24, 2.45) is 0 Å². The second kappa shape index (κ2) is 5.62. The van der Waals surface area contributed by atoms with Gasteiger partial charge in [-0.25, -0.2) is 4.39 Å². The zero-order chi connectivity index (χ0) is 14.0. The summed E-state index contributed by atoms with van der Waals surface area (Å²) in [6.45, 7) is 6.90. The summed E-state index contributed by atoms with van der Waals surface area (Å²) in [7, 11) is 0. The van der Waals surface area contributed by atoms with E-state index in [1.807, 2.05) is 0 Å². The van der Waals surface area contributed by atoms with Crippen LogP contribution in [0.4, 0.5) is 10.1 Å². The molecule has 0 saturated heterocycles. The SMILES string of the molecule is Cc1cc(C)c(CNc2cc(F)ccc2Cl)c(C)c1. The van der Waals surface area contributed by atoms with E-state index in [9.17, 15) is 4.39 Å². The molecule has 2 aromatic carbocycles. The van der Waals surface area contributed by atoms with Gasteiger partial charge >= 0.3 is 0 Å². The third-order valence-electron chi connectivity index (χ3n) is 3.22. The summed E-state index contributed by atoms with van der Waals surface area (Å²) in [6, 6.07) is 8.64. The van der Waals surface area contributed by atoms with Crippen LogP contribution in [-0.4, -0.2) is 0 Å². The zero-order valence-electron chi connectivity index (χ0n) is 11.3. The van der Waals surface area contributed by atoms with E-state index in [1.165, 1.54) is 34.4 Å². The van der Waals surface area contributed by atoms with Gasteiger partial charge < -0.3 is 5.32 Å². The molecular weight excluding hydrogens is 261 g/mol. The van der Waals surface area contributed by atoms with Crippen molar-refractivity contribution < 1.29 is 4.39 Å². The molecule has 0 amide bonds. The van der Waals surface area contributed by atoms with Crippen LogP contribution >= 0.6 is 11.6 Å². The summed E-state index contributed by atoms with van der Waals surface area (Å²) in [4.78, 5) is 0. The van der Waals surface area contributed by atoms with E-state index >= 15 is 0 Å². The lowest BCUT2D eigenvalue weighted by Gasteiger charge is -2.14. The van der Waals surface area contributed by atoms with Gasteiger partial charge in [-0.1, -0.05) is 29.3 Å². The number of halogens is 2. The maximum absolute atomic E-state index is 13.2. The van der Waals surface area contributed by atoms with E-state index in [-0.39, 0.29) is 5.82 Å². The molecule has 0 spiro atoms. The molecule has 2 rings (SSSR count). The smallest absolute Gasteiger partial charge is 0.125 e. The van der Waals surface area contributed by atoms with Crippen LogP contribution in [0.3, 0.4) is 0 Å². The molecular formula is C16H17ClFN. The zero-order valence-corrected chi connectivity index (χ0v) is 12.1. The van der Waals surface area contributed by atoms with Gasteiger partial charge in [0.15, 0.2) is 0 Å². The molecule has 0 aliphatic carbocycles. The van der Waals surface area contributed by atoms with E-state index in [4.69, 9.17) is 11.6 Å². The minimum Gasteiger partial charge on any atom is -0.380 e. The molecule has 1 N–H and O–H groups in total. The summed E-state index contributed by atoms with van der Waals surface area (Å²) in [5, 5.41) is 3.73. The van der Waals surface area contributed by atoms with Crippen molar-refractivity contribution >= 4 is 17.3 Å². The molecule has 0 fully saturated rings. The quantitative estimate of drug-likeness (QED) is 0.831. The Morgan fingerprint density at radius 3 is 2.32 bits per heavy atom. The van der Waals surface area contributed by atoms with Crippen molar-refractivity contribution in [3.8, 4) is 0 Å². The van der Waals surface area contributed by atoms with Gasteiger partial charge in [0, 0.05) is 6.54 Å². The molecule has 0 saturated carbocycles. The molecule has 2 aromatic rings. The molecule has 0 aliphatic heterocycles. The van der Waals surface area contributed by atoms with Crippen molar-refractivity contribution in [1.29, 1.82) is 0 Å². The van der Waals surface area contributed by atoms with E-state index in [1.54, 1.807) is 6.07 Å². The molecule has 0 aliphatic rings. The molecule has 0 heterocycles. The summed E-state index contributed by atoms with van der Waals surface area (Å²) < 4.78 is 13.2. The van der Waals surface area contributed by atoms with Gasteiger partial charge in [0.05, 0.1) is 10.7 Å². The normalized spacial score (nSPS) is 10.6. The van der Waals surface area contributed by atoms with Gasteiger partial charge in [0.25, 0.3) is 0 Å². The monoisotopic (exact) mass is 277 g/mol. The first-order valence-corrected chi connectivity index (χ1v) is 6.61. The number of rotatable bonds is 3. The second-order valence-corrected chi connectivity index (χ2v) is 5.26. The molecule has 0 atom stereocenters. The summed E-state index contributed by atoms with van der Waals surface area (Å²) in [5.74, 6) is -0.288. The fraction of sp³-hybridized carbons (Fsp3) is 0.250. The fourth-order valence-corrected chi connectivity index (χ4v) is 2.49. The van der Waals surface area contributed by atoms with Crippen LogP contribution in [0.2, 0.25) is 5.02 Å². The van der Waals surface area contributed by atoms with Crippen LogP contribution in [-0.2, 0) is 6.54 Å². The number of hydrogen-bond acceptors (Lipinski definition) is 1. The predicted octanol–water partition coefficient (Wildman–Crippen LogP) is 5.02. The van der Waals surface area contributed by atoms with Crippen molar-refractivity contribution in [1.82, 2.24) is 0 Å². The Morgan fingerprint density at radius 2 is 1.68 bits per heavy atom. The first-order valence-electron chi connectivity index (χ1n) is 6.23. The number of benzene rings is 2. The summed E-state index contributed by atoms with van der Waals surface area (Å²) in [5.41, 5.74) is 5.57. The lowest BCUT2D eigenvalue weighted by atomic mass is 10.00. The Kier molecular flexibility index (Phi) is 4.11. The van der Waals surface area contributed by atoms with Crippen LogP contribution in [0.15, 0.2) is 30.3 Å². The minimum absolute atomic E-state index is 0.288. The minimum atomic E-state index is -0.288. The third kappa shape index (κ3) is 3.27. The maximum Gasteiger partial charge on any atom is 0.125 e. The van der Waals surface area contributed by atoms with Gasteiger partial charge in [0.1, 0.15) is 5.82 Å². The van der Waals surface area contributed by atoms with Crippen LogP contribution in [0, 0.1) is 26.6 Å². The molecule has 19 heavy (non-hydrogen) atoms. The molecule has 1 nitrogen and oxygen atoms in total. The van der Waals surface area contributed by atoms with Gasteiger partial charge in [-0.15, -0.1) is 0 Å². The van der Waals surface area contributed by atoms with E-state index in [2.05, 4.69) is 38.2 Å². The highest BCUT2D eigenvalue weighted by Gasteiger charge is 2.06. The molecule has 0 bridgehead atoms. The van der Waals surface area contributed by atoms with Crippen molar-refractivity contribution in [2.45, 2.75) is 27.3 Å². The summed E-state index contributed by atoms with van der Waals surface area (Å²) >= 11 is 6.04. The Labute approximate surface area is 118 Å². The van der Waals surface area contributed by atoms with E-state index < -0.39 is 0 Å². The molecule has 0 unspecified atom stereocenters. The van der Waals surface area contributed by atoms with Gasteiger partial charge in [-0.3, -0.25) is 0 Å². The third-order valence-corrected chi connectivity index (χ3v) is 3.55. The largest absolute Gasteiger partial charge is 0.380 e.